The van der Waals surface area contributed by atoms with Crippen LogP contribution in [0.15, 0.2) is 12.2 Å². The Bertz CT molecular complexity index is 167. The van der Waals surface area contributed by atoms with Gasteiger partial charge in [0.05, 0.1) is 11.7 Å². The van der Waals surface area contributed by atoms with Gasteiger partial charge in [-0.15, -0.1) is 0 Å². The van der Waals surface area contributed by atoms with E-state index in [1.165, 1.54) is 0 Å². The zero-order chi connectivity index (χ0) is 10.7. The largest absolute Gasteiger partial charge is 0.369 e. The van der Waals surface area contributed by atoms with E-state index in [9.17, 15) is 0 Å². The van der Waals surface area contributed by atoms with Gasteiger partial charge in [-0.25, -0.2) is 0 Å². The fraction of sp³-hybridized carbons (Fsp3) is 0.833. The van der Waals surface area contributed by atoms with E-state index in [4.69, 9.17) is 4.74 Å². The van der Waals surface area contributed by atoms with Crippen molar-refractivity contribution in [1.82, 2.24) is 0 Å². The Labute approximate surface area is 83.2 Å². The Kier molecular flexibility index (Phi) is 4.18. The summed E-state index contributed by atoms with van der Waals surface area (Å²) in [5, 5.41) is 0. The van der Waals surface area contributed by atoms with Crippen molar-refractivity contribution in [3.05, 3.63) is 12.2 Å². The normalized spacial score (nSPS) is 16.5. The van der Waals surface area contributed by atoms with E-state index in [2.05, 4.69) is 60.6 Å². The van der Waals surface area contributed by atoms with E-state index < -0.39 is 0 Å². The van der Waals surface area contributed by atoms with Crippen LogP contribution < -0.4 is 0 Å². The molecule has 1 nitrogen and oxygen atoms in total. The Balaban J connectivity index is 4.02. The van der Waals surface area contributed by atoms with E-state index in [1.54, 1.807) is 0 Å². The molecule has 0 amide bonds. The highest BCUT2D eigenvalue weighted by molar-refractivity contribution is 4.96. The quantitative estimate of drug-likeness (QED) is 0.593. The van der Waals surface area contributed by atoms with E-state index in [1.807, 2.05) is 0 Å². The topological polar surface area (TPSA) is 9.23 Å². The molecule has 13 heavy (non-hydrogen) atoms. The second-order valence-corrected chi connectivity index (χ2v) is 5.66. The van der Waals surface area contributed by atoms with Crippen LogP contribution in [-0.2, 0) is 4.74 Å². The zero-order valence-corrected chi connectivity index (χ0v) is 10.1. The van der Waals surface area contributed by atoms with Crippen LogP contribution >= 0.6 is 0 Å². The maximum Gasteiger partial charge on any atom is 0.0734 e. The first-order valence-corrected chi connectivity index (χ1v) is 4.97. The lowest BCUT2D eigenvalue weighted by Gasteiger charge is -2.24. The van der Waals surface area contributed by atoms with E-state index in [0.717, 1.165) is 0 Å². The van der Waals surface area contributed by atoms with Gasteiger partial charge >= 0.3 is 0 Å². The number of rotatable bonds is 2. The van der Waals surface area contributed by atoms with E-state index in [0.29, 0.717) is 0 Å². The molecule has 0 saturated carbocycles. The molecule has 0 aliphatic heterocycles. The molecule has 0 aromatic rings. The van der Waals surface area contributed by atoms with Crippen LogP contribution in [0.5, 0.6) is 0 Å². The smallest absolute Gasteiger partial charge is 0.0734 e. The average molecular weight is 184 g/mol. The number of ether oxygens (including phenoxy) is 1. The van der Waals surface area contributed by atoms with Crippen LogP contribution in [0.4, 0.5) is 0 Å². The van der Waals surface area contributed by atoms with Crippen molar-refractivity contribution in [1.29, 1.82) is 0 Å². The monoisotopic (exact) mass is 184 g/mol. The lowest BCUT2D eigenvalue weighted by atomic mass is 9.96. The molecule has 0 aliphatic carbocycles. The molecule has 1 heteroatoms. The van der Waals surface area contributed by atoms with Gasteiger partial charge in [0.2, 0.25) is 0 Å². The van der Waals surface area contributed by atoms with Gasteiger partial charge in [0.25, 0.3) is 0 Å². The third kappa shape index (κ3) is 9.62. The Morgan fingerprint density at radius 2 is 1.46 bits per heavy atom. The van der Waals surface area contributed by atoms with Crippen LogP contribution in [0.25, 0.3) is 0 Å². The van der Waals surface area contributed by atoms with Gasteiger partial charge < -0.3 is 4.74 Å². The first-order chi connectivity index (χ1) is 5.60. The molecule has 0 N–H and O–H groups in total. The number of allylic oxidation sites excluding steroid dienone is 1. The van der Waals surface area contributed by atoms with Crippen molar-refractivity contribution < 1.29 is 4.74 Å². The van der Waals surface area contributed by atoms with Crippen molar-refractivity contribution in [3.8, 4) is 0 Å². The molecule has 0 spiro atoms. The van der Waals surface area contributed by atoms with Gasteiger partial charge in [0.1, 0.15) is 0 Å². The SMILES string of the molecule is CC(C=CC(C)(C)C)OC(C)(C)C. The average Bonchev–Trinajstić information content (AvgIpc) is 1.78. The van der Waals surface area contributed by atoms with Gasteiger partial charge in [0.15, 0.2) is 0 Å². The Hall–Kier alpha value is -0.300. The molecule has 0 fully saturated rings. The molecule has 0 aromatic carbocycles. The fourth-order valence-electron chi connectivity index (χ4n) is 1.02. The Morgan fingerprint density at radius 1 is 1.00 bits per heavy atom. The summed E-state index contributed by atoms with van der Waals surface area (Å²) in [6, 6.07) is 0. The first kappa shape index (κ1) is 12.7. The van der Waals surface area contributed by atoms with Crippen LogP contribution in [-0.4, -0.2) is 11.7 Å². The van der Waals surface area contributed by atoms with Crippen molar-refractivity contribution in [2.24, 2.45) is 5.41 Å². The van der Waals surface area contributed by atoms with E-state index >= 15 is 0 Å². The van der Waals surface area contributed by atoms with Crippen LogP contribution in [0.1, 0.15) is 48.5 Å². The van der Waals surface area contributed by atoms with Gasteiger partial charge in [-0.2, -0.15) is 0 Å². The maximum absolute atomic E-state index is 5.75. The number of hydrogen-bond donors (Lipinski definition) is 0. The maximum atomic E-state index is 5.75. The molecule has 1 unspecified atom stereocenters. The molecule has 0 radical (unpaired) electrons. The highest BCUT2D eigenvalue weighted by Crippen LogP contribution is 2.17. The summed E-state index contributed by atoms with van der Waals surface area (Å²) in [5.41, 5.74) is 0.192. The highest BCUT2D eigenvalue weighted by Gasteiger charge is 2.13. The third-order valence-electron chi connectivity index (χ3n) is 1.41. The van der Waals surface area contributed by atoms with Crippen molar-refractivity contribution in [3.63, 3.8) is 0 Å². The Morgan fingerprint density at radius 3 is 1.77 bits per heavy atom. The molecule has 78 valence electrons. The highest BCUT2D eigenvalue weighted by atomic mass is 16.5. The van der Waals surface area contributed by atoms with Crippen LogP contribution in [0.3, 0.4) is 0 Å². The first-order valence-electron chi connectivity index (χ1n) is 4.97. The minimum atomic E-state index is -0.0539. The summed E-state index contributed by atoms with van der Waals surface area (Å²) in [6.45, 7) is 14.9. The van der Waals surface area contributed by atoms with Crippen molar-refractivity contribution in [2.75, 3.05) is 0 Å². The zero-order valence-electron chi connectivity index (χ0n) is 10.1. The third-order valence-corrected chi connectivity index (χ3v) is 1.41. The summed E-state index contributed by atoms with van der Waals surface area (Å²) in [5.74, 6) is 0. The summed E-state index contributed by atoms with van der Waals surface area (Å²) >= 11 is 0. The van der Waals surface area contributed by atoms with E-state index in [-0.39, 0.29) is 17.1 Å². The standard InChI is InChI=1S/C12H24O/c1-10(13-12(5,6)7)8-9-11(2,3)4/h8-10H,1-7H3. The minimum Gasteiger partial charge on any atom is -0.369 e. The summed E-state index contributed by atoms with van der Waals surface area (Å²) in [6.07, 6.45) is 4.52. The molecule has 0 aliphatic rings. The molecule has 0 aromatic heterocycles. The molecule has 1 atom stereocenters. The second kappa shape index (κ2) is 4.28. The molecule has 0 bridgehead atoms. The molecule has 0 rings (SSSR count). The summed E-state index contributed by atoms with van der Waals surface area (Å²) < 4.78 is 5.75. The minimum absolute atomic E-state index is 0.0539. The number of hydrogen-bond acceptors (Lipinski definition) is 1. The van der Waals surface area contributed by atoms with Crippen LogP contribution in [0, 0.1) is 5.41 Å². The van der Waals surface area contributed by atoms with Gasteiger partial charge in [-0.1, -0.05) is 32.9 Å². The van der Waals surface area contributed by atoms with Crippen molar-refractivity contribution in [2.45, 2.75) is 60.2 Å². The predicted molar refractivity (Wildman–Crippen MR) is 58.9 cm³/mol. The fourth-order valence-corrected chi connectivity index (χ4v) is 1.02. The van der Waals surface area contributed by atoms with Crippen molar-refractivity contribution >= 4 is 0 Å². The van der Waals surface area contributed by atoms with Gasteiger partial charge in [0, 0.05) is 0 Å². The summed E-state index contributed by atoms with van der Waals surface area (Å²) in [4.78, 5) is 0. The second-order valence-electron chi connectivity index (χ2n) is 5.66. The lowest BCUT2D eigenvalue weighted by molar-refractivity contribution is -0.0301. The van der Waals surface area contributed by atoms with Crippen LogP contribution in [0.2, 0.25) is 0 Å². The van der Waals surface area contributed by atoms with Gasteiger partial charge in [-0.05, 0) is 33.1 Å². The van der Waals surface area contributed by atoms with Gasteiger partial charge in [-0.3, -0.25) is 0 Å². The molecule has 0 saturated heterocycles. The molecular formula is C12H24O. The lowest BCUT2D eigenvalue weighted by Crippen LogP contribution is -2.24. The summed E-state index contributed by atoms with van der Waals surface area (Å²) in [7, 11) is 0. The predicted octanol–water partition coefficient (Wildman–Crippen LogP) is 3.79. The molecule has 0 heterocycles. The molecular weight excluding hydrogens is 160 g/mol.